The first-order valence-corrected chi connectivity index (χ1v) is 10.0. The van der Waals surface area contributed by atoms with Crippen molar-refractivity contribution in [2.45, 2.75) is 13.0 Å². The molecule has 1 amide bonds. The molecule has 0 saturated heterocycles. The number of hydrogen-bond donors (Lipinski definition) is 2. The second-order valence-corrected chi connectivity index (χ2v) is 7.57. The number of amides is 1. The summed E-state index contributed by atoms with van der Waals surface area (Å²) in [6.45, 7) is -2.74. The minimum Gasteiger partial charge on any atom is -0.493 e. The van der Waals surface area contributed by atoms with Gasteiger partial charge in [-0.3, -0.25) is 9.52 Å². The second kappa shape index (κ2) is 9.36. The van der Waals surface area contributed by atoms with Crippen molar-refractivity contribution < 1.29 is 31.5 Å². The van der Waals surface area contributed by atoms with Crippen LogP contribution in [0.25, 0.3) is 0 Å². The van der Waals surface area contributed by atoms with Crippen molar-refractivity contribution in [1.82, 2.24) is 5.32 Å². The number of benzene rings is 2. The molecule has 152 valence electrons. The van der Waals surface area contributed by atoms with Crippen LogP contribution in [-0.4, -0.2) is 40.8 Å². The molecular formula is C18H20F2N2O5S. The van der Waals surface area contributed by atoms with Crippen molar-refractivity contribution in [3.63, 3.8) is 0 Å². The number of rotatable bonds is 9. The monoisotopic (exact) mass is 414 g/mol. The van der Waals surface area contributed by atoms with Gasteiger partial charge in [-0.05, 0) is 42.3 Å². The minimum absolute atomic E-state index is 0.0825. The number of carbonyl (C=O) groups excluding carboxylic acids is 1. The first kappa shape index (κ1) is 21.4. The molecule has 0 fully saturated rings. The zero-order chi connectivity index (χ0) is 20.7. The van der Waals surface area contributed by atoms with Crippen LogP contribution in [0.15, 0.2) is 42.5 Å². The summed E-state index contributed by atoms with van der Waals surface area (Å²) >= 11 is 0. The van der Waals surface area contributed by atoms with Crippen LogP contribution in [0.1, 0.15) is 15.9 Å². The molecule has 0 aromatic heterocycles. The molecule has 0 atom stereocenters. The maximum atomic E-state index is 12.5. The smallest absolute Gasteiger partial charge is 0.387 e. The molecule has 10 heteroatoms. The Morgan fingerprint density at radius 1 is 1.14 bits per heavy atom. The first-order valence-electron chi connectivity index (χ1n) is 8.15. The number of methoxy groups -OCH3 is 1. The van der Waals surface area contributed by atoms with E-state index in [1.165, 1.54) is 31.4 Å². The van der Waals surface area contributed by atoms with Gasteiger partial charge in [-0.1, -0.05) is 12.1 Å². The van der Waals surface area contributed by atoms with E-state index in [0.29, 0.717) is 12.0 Å². The summed E-state index contributed by atoms with van der Waals surface area (Å²) in [4.78, 5) is 12.2. The van der Waals surface area contributed by atoms with Crippen LogP contribution in [0, 0.1) is 0 Å². The minimum atomic E-state index is -3.45. The molecule has 2 N–H and O–H groups in total. The first-order chi connectivity index (χ1) is 13.2. The predicted molar refractivity (Wildman–Crippen MR) is 101 cm³/mol. The van der Waals surface area contributed by atoms with Crippen LogP contribution < -0.4 is 19.5 Å². The van der Waals surface area contributed by atoms with Gasteiger partial charge >= 0.3 is 6.61 Å². The van der Waals surface area contributed by atoms with E-state index in [9.17, 15) is 22.0 Å². The van der Waals surface area contributed by atoms with Gasteiger partial charge in [0.25, 0.3) is 5.91 Å². The van der Waals surface area contributed by atoms with Crippen LogP contribution in [0.4, 0.5) is 14.5 Å². The fraction of sp³-hybridized carbons (Fsp3) is 0.278. The Morgan fingerprint density at radius 3 is 2.54 bits per heavy atom. The Labute approximate surface area is 161 Å². The predicted octanol–water partition coefficient (Wildman–Crippen LogP) is 2.64. The van der Waals surface area contributed by atoms with E-state index >= 15 is 0 Å². The molecule has 7 nitrogen and oxygen atoms in total. The molecule has 2 aromatic carbocycles. The van der Waals surface area contributed by atoms with Gasteiger partial charge in [0.05, 0.1) is 13.4 Å². The molecule has 28 heavy (non-hydrogen) atoms. The van der Waals surface area contributed by atoms with Crippen molar-refractivity contribution >= 4 is 21.6 Å². The number of sulfonamides is 1. The second-order valence-electron chi connectivity index (χ2n) is 5.82. The zero-order valence-corrected chi connectivity index (χ0v) is 16.1. The SMILES string of the molecule is COc1ccc(CCNC(=O)c2cccc(NS(C)(=O)=O)c2)cc1OC(F)F. The van der Waals surface area contributed by atoms with E-state index in [-0.39, 0.29) is 29.3 Å². The van der Waals surface area contributed by atoms with Crippen molar-refractivity contribution in [3.05, 3.63) is 53.6 Å². The van der Waals surface area contributed by atoms with Crippen LogP contribution >= 0.6 is 0 Å². The molecular weight excluding hydrogens is 394 g/mol. The third-order valence-corrected chi connectivity index (χ3v) is 4.18. The molecule has 0 saturated carbocycles. The highest BCUT2D eigenvalue weighted by Gasteiger charge is 2.12. The van der Waals surface area contributed by atoms with E-state index in [2.05, 4.69) is 14.8 Å². The Hall–Kier alpha value is -2.88. The van der Waals surface area contributed by atoms with E-state index in [4.69, 9.17) is 4.74 Å². The molecule has 0 spiro atoms. The summed E-state index contributed by atoms with van der Waals surface area (Å²) < 4.78 is 59.2. The quantitative estimate of drug-likeness (QED) is 0.658. The summed E-state index contributed by atoms with van der Waals surface area (Å²) in [6.07, 6.45) is 1.39. The zero-order valence-electron chi connectivity index (χ0n) is 15.2. The number of ether oxygens (including phenoxy) is 2. The Balaban J connectivity index is 1.98. The Bertz CT molecular complexity index is 935. The third kappa shape index (κ3) is 6.69. The molecule has 0 radical (unpaired) electrons. The summed E-state index contributed by atoms with van der Waals surface area (Å²) in [6, 6.07) is 10.7. The van der Waals surface area contributed by atoms with Crippen molar-refractivity contribution in [1.29, 1.82) is 0 Å². The highest BCUT2D eigenvalue weighted by Crippen LogP contribution is 2.29. The molecule has 0 aliphatic heterocycles. The van der Waals surface area contributed by atoms with Gasteiger partial charge < -0.3 is 14.8 Å². The average Bonchev–Trinajstić information content (AvgIpc) is 2.60. The fourth-order valence-corrected chi connectivity index (χ4v) is 2.98. The van der Waals surface area contributed by atoms with Crippen molar-refractivity contribution in [2.24, 2.45) is 0 Å². The van der Waals surface area contributed by atoms with Crippen LogP contribution in [0.3, 0.4) is 0 Å². The molecule has 0 bridgehead atoms. The van der Waals surface area contributed by atoms with Gasteiger partial charge in [-0.15, -0.1) is 0 Å². The summed E-state index contributed by atoms with van der Waals surface area (Å²) in [5.74, 6) is -0.293. The normalized spacial score (nSPS) is 11.2. The number of carbonyl (C=O) groups is 1. The molecule has 0 heterocycles. The maximum absolute atomic E-state index is 12.5. The lowest BCUT2D eigenvalue weighted by Crippen LogP contribution is -2.25. The van der Waals surface area contributed by atoms with Gasteiger partial charge in [-0.2, -0.15) is 8.78 Å². The summed E-state index contributed by atoms with van der Waals surface area (Å²) in [7, 11) is -2.10. The Kier molecular flexibility index (Phi) is 7.16. The van der Waals surface area contributed by atoms with Crippen LogP contribution in [0.2, 0.25) is 0 Å². The lowest BCUT2D eigenvalue weighted by molar-refractivity contribution is -0.0512. The number of hydrogen-bond acceptors (Lipinski definition) is 5. The van der Waals surface area contributed by atoms with Gasteiger partial charge in [0.15, 0.2) is 11.5 Å². The Morgan fingerprint density at radius 2 is 1.89 bits per heavy atom. The number of anilines is 1. The maximum Gasteiger partial charge on any atom is 0.387 e. The van der Waals surface area contributed by atoms with Crippen molar-refractivity contribution in [2.75, 3.05) is 24.6 Å². The van der Waals surface area contributed by atoms with Gasteiger partial charge in [0.1, 0.15) is 0 Å². The van der Waals surface area contributed by atoms with Gasteiger partial charge in [-0.25, -0.2) is 8.42 Å². The lowest BCUT2D eigenvalue weighted by Gasteiger charge is -2.12. The van der Waals surface area contributed by atoms with E-state index in [1.807, 2.05) is 0 Å². The summed E-state index contributed by atoms with van der Waals surface area (Å²) in [5, 5.41) is 2.69. The highest BCUT2D eigenvalue weighted by molar-refractivity contribution is 7.92. The largest absolute Gasteiger partial charge is 0.493 e. The molecule has 2 rings (SSSR count). The molecule has 2 aromatic rings. The van der Waals surface area contributed by atoms with Gasteiger partial charge in [0.2, 0.25) is 10.0 Å². The van der Waals surface area contributed by atoms with Crippen molar-refractivity contribution in [3.8, 4) is 11.5 Å². The highest BCUT2D eigenvalue weighted by atomic mass is 32.2. The fourth-order valence-electron chi connectivity index (χ4n) is 2.43. The van der Waals surface area contributed by atoms with Crippen LogP contribution in [0.5, 0.6) is 11.5 Å². The summed E-state index contributed by atoms with van der Waals surface area (Å²) in [5.41, 5.74) is 1.23. The van der Waals surface area contributed by atoms with Gasteiger partial charge in [0, 0.05) is 17.8 Å². The number of alkyl halides is 2. The molecule has 0 aliphatic rings. The molecule has 0 unspecified atom stereocenters. The third-order valence-electron chi connectivity index (χ3n) is 3.57. The standard InChI is InChI=1S/C18H20F2N2O5S/c1-26-15-7-6-12(10-16(15)27-18(19)20)8-9-21-17(23)13-4-3-5-14(11-13)22-28(2,24)25/h3-7,10-11,18,22H,8-9H2,1-2H3,(H,21,23). The topological polar surface area (TPSA) is 93.7 Å². The van der Waals surface area contributed by atoms with E-state index in [0.717, 1.165) is 6.26 Å². The average molecular weight is 414 g/mol. The molecule has 0 aliphatic carbocycles. The number of nitrogens with one attached hydrogen (secondary N) is 2. The number of halogens is 2. The van der Waals surface area contributed by atoms with E-state index in [1.54, 1.807) is 18.2 Å². The van der Waals surface area contributed by atoms with E-state index < -0.39 is 22.5 Å². The lowest BCUT2D eigenvalue weighted by atomic mass is 10.1. The van der Waals surface area contributed by atoms with Crippen LogP contribution in [-0.2, 0) is 16.4 Å².